The van der Waals surface area contributed by atoms with Crippen LogP contribution < -0.4 is 4.74 Å². The van der Waals surface area contributed by atoms with Gasteiger partial charge in [-0.15, -0.1) is 11.3 Å². The number of benzene rings is 1. The summed E-state index contributed by atoms with van der Waals surface area (Å²) in [6.07, 6.45) is 2.54. The maximum Gasteiger partial charge on any atom is 0.257 e. The highest BCUT2D eigenvalue weighted by molar-refractivity contribution is 7.07. The molecule has 150 valence electrons. The van der Waals surface area contributed by atoms with Gasteiger partial charge in [0.2, 0.25) is 0 Å². The largest absolute Gasteiger partial charge is 0.486 e. The molecule has 3 heterocycles. The van der Waals surface area contributed by atoms with Crippen molar-refractivity contribution in [3.05, 3.63) is 46.4 Å². The first-order valence-corrected chi connectivity index (χ1v) is 11.0. The quantitative estimate of drug-likeness (QED) is 0.772. The van der Waals surface area contributed by atoms with Gasteiger partial charge in [0.15, 0.2) is 0 Å². The summed E-state index contributed by atoms with van der Waals surface area (Å²) in [6, 6.07) is 8.17. The van der Waals surface area contributed by atoms with Crippen LogP contribution in [0.3, 0.4) is 0 Å². The molecule has 2 aromatic rings. The van der Waals surface area contributed by atoms with E-state index in [2.05, 4.69) is 21.8 Å². The predicted molar refractivity (Wildman–Crippen MR) is 111 cm³/mol. The first-order valence-electron chi connectivity index (χ1n) is 10.0. The topological polar surface area (TPSA) is 48.9 Å². The van der Waals surface area contributed by atoms with Gasteiger partial charge in [-0.3, -0.25) is 9.69 Å². The van der Waals surface area contributed by atoms with E-state index >= 15 is 0 Å². The number of thiazole rings is 1. The van der Waals surface area contributed by atoms with Crippen molar-refractivity contribution in [2.45, 2.75) is 25.5 Å². The van der Waals surface area contributed by atoms with Crippen LogP contribution in [-0.2, 0) is 6.61 Å². The number of hydrogen-bond acceptors (Lipinski definition) is 6. The van der Waals surface area contributed by atoms with Crippen molar-refractivity contribution in [2.75, 3.05) is 46.3 Å². The maximum absolute atomic E-state index is 13.1. The number of carbonyl (C=O) groups is 1. The number of likely N-dealkylation sites (N-methyl/N-ethyl adjacent to an activating group) is 1. The van der Waals surface area contributed by atoms with E-state index in [0.29, 0.717) is 24.0 Å². The molecule has 1 atom stereocenters. The minimum Gasteiger partial charge on any atom is -0.486 e. The van der Waals surface area contributed by atoms with Gasteiger partial charge < -0.3 is 14.5 Å². The Morgan fingerprint density at radius 2 is 2.04 bits per heavy atom. The molecule has 1 aromatic heterocycles. The summed E-state index contributed by atoms with van der Waals surface area (Å²) in [5, 5.41) is 1.96. The number of piperazine rings is 1. The van der Waals surface area contributed by atoms with Gasteiger partial charge in [0.05, 0.1) is 16.8 Å². The molecule has 0 spiro atoms. The molecule has 7 heteroatoms. The van der Waals surface area contributed by atoms with E-state index in [4.69, 9.17) is 4.74 Å². The van der Waals surface area contributed by atoms with E-state index in [9.17, 15) is 4.79 Å². The lowest BCUT2D eigenvalue weighted by molar-refractivity contribution is 0.0449. The summed E-state index contributed by atoms with van der Waals surface area (Å²) in [5.74, 6) is 0.700. The standard InChI is InChI=1S/C21H28N4O2S/c1-23-8-4-5-18(13-23)24-9-11-25(12-10-24)21(26)19-6-2-3-7-20(19)27-14-17-15-28-16-22-17/h2-3,6-7,15-16,18H,4-5,8-14H2,1H3. The second kappa shape index (κ2) is 9.03. The monoisotopic (exact) mass is 400 g/mol. The summed E-state index contributed by atoms with van der Waals surface area (Å²) in [4.78, 5) is 24.3. The zero-order chi connectivity index (χ0) is 19.3. The highest BCUT2D eigenvalue weighted by atomic mass is 32.1. The van der Waals surface area contributed by atoms with E-state index in [0.717, 1.165) is 38.4 Å². The van der Waals surface area contributed by atoms with Crippen LogP contribution in [0.2, 0.25) is 0 Å². The maximum atomic E-state index is 13.1. The van der Waals surface area contributed by atoms with Crippen molar-refractivity contribution in [1.29, 1.82) is 0 Å². The Morgan fingerprint density at radius 1 is 1.21 bits per heavy atom. The molecular formula is C21H28N4O2S. The predicted octanol–water partition coefficient (Wildman–Crippen LogP) is 2.57. The van der Waals surface area contributed by atoms with Crippen LogP contribution in [0.1, 0.15) is 28.9 Å². The van der Waals surface area contributed by atoms with Crippen molar-refractivity contribution in [1.82, 2.24) is 19.7 Å². The number of piperidine rings is 1. The lowest BCUT2D eigenvalue weighted by atomic mass is 10.0. The van der Waals surface area contributed by atoms with E-state index in [1.165, 1.54) is 19.4 Å². The van der Waals surface area contributed by atoms with Gasteiger partial charge in [0.1, 0.15) is 12.4 Å². The van der Waals surface area contributed by atoms with Crippen molar-refractivity contribution >= 4 is 17.2 Å². The van der Waals surface area contributed by atoms with Crippen LogP contribution in [-0.4, -0.2) is 77.9 Å². The Balaban J connectivity index is 1.36. The Morgan fingerprint density at radius 3 is 2.79 bits per heavy atom. The molecule has 1 amide bonds. The Labute approximate surface area is 170 Å². The average molecular weight is 401 g/mol. The first-order chi connectivity index (χ1) is 13.7. The molecular weight excluding hydrogens is 372 g/mol. The van der Waals surface area contributed by atoms with Gasteiger partial charge in [-0.05, 0) is 38.6 Å². The number of aromatic nitrogens is 1. The molecule has 1 aromatic carbocycles. The summed E-state index contributed by atoms with van der Waals surface area (Å²) in [6.45, 7) is 6.18. The number of carbonyl (C=O) groups excluding carboxylic acids is 1. The molecule has 28 heavy (non-hydrogen) atoms. The van der Waals surface area contributed by atoms with Gasteiger partial charge in [-0.1, -0.05) is 12.1 Å². The van der Waals surface area contributed by atoms with Crippen LogP contribution in [0.15, 0.2) is 35.2 Å². The highest BCUT2D eigenvalue weighted by Gasteiger charge is 2.29. The van der Waals surface area contributed by atoms with Gasteiger partial charge in [-0.2, -0.15) is 0 Å². The molecule has 0 radical (unpaired) electrons. The van der Waals surface area contributed by atoms with Gasteiger partial charge in [0.25, 0.3) is 5.91 Å². The summed E-state index contributed by atoms with van der Waals surface area (Å²) < 4.78 is 5.90. The number of amides is 1. The first kappa shape index (κ1) is 19.4. The Bertz CT molecular complexity index is 774. The number of hydrogen-bond donors (Lipinski definition) is 0. The lowest BCUT2D eigenvalue weighted by Gasteiger charge is -2.42. The molecule has 4 rings (SSSR count). The number of para-hydroxylation sites is 1. The van der Waals surface area contributed by atoms with Crippen LogP contribution in [0.5, 0.6) is 5.75 Å². The molecule has 2 fully saturated rings. The molecule has 0 bridgehead atoms. The third-order valence-corrected chi connectivity index (χ3v) is 6.33. The number of rotatable bonds is 5. The van der Waals surface area contributed by atoms with Crippen molar-refractivity contribution in [3.63, 3.8) is 0 Å². The van der Waals surface area contributed by atoms with Crippen LogP contribution in [0, 0.1) is 0 Å². The molecule has 0 saturated carbocycles. The normalized spacial score (nSPS) is 21.6. The van der Waals surface area contributed by atoms with Crippen LogP contribution in [0.4, 0.5) is 0 Å². The minimum absolute atomic E-state index is 0.0642. The molecule has 0 N–H and O–H groups in total. The third kappa shape index (κ3) is 4.54. The molecule has 2 aliphatic rings. The zero-order valence-corrected chi connectivity index (χ0v) is 17.2. The molecule has 1 unspecified atom stereocenters. The second-order valence-electron chi connectivity index (χ2n) is 7.65. The molecule has 0 aliphatic carbocycles. The van der Waals surface area contributed by atoms with Crippen molar-refractivity contribution < 1.29 is 9.53 Å². The SMILES string of the molecule is CN1CCCC(N2CCN(C(=O)c3ccccc3OCc3cscn3)CC2)C1. The lowest BCUT2D eigenvalue weighted by Crippen LogP contribution is -2.55. The van der Waals surface area contributed by atoms with E-state index in [1.807, 2.05) is 34.5 Å². The Kier molecular flexibility index (Phi) is 6.24. The third-order valence-electron chi connectivity index (χ3n) is 5.69. The van der Waals surface area contributed by atoms with E-state index in [-0.39, 0.29) is 5.91 Å². The smallest absolute Gasteiger partial charge is 0.257 e. The van der Waals surface area contributed by atoms with Gasteiger partial charge >= 0.3 is 0 Å². The Hall–Kier alpha value is -1.96. The number of nitrogens with zero attached hydrogens (tertiary/aromatic N) is 4. The second-order valence-corrected chi connectivity index (χ2v) is 8.37. The molecule has 2 aliphatic heterocycles. The van der Waals surface area contributed by atoms with Crippen LogP contribution in [0.25, 0.3) is 0 Å². The summed E-state index contributed by atoms with van der Waals surface area (Å²) >= 11 is 1.55. The fraction of sp³-hybridized carbons (Fsp3) is 0.524. The molecule has 6 nitrogen and oxygen atoms in total. The van der Waals surface area contributed by atoms with Gasteiger partial charge in [0, 0.05) is 44.1 Å². The minimum atomic E-state index is 0.0642. The zero-order valence-electron chi connectivity index (χ0n) is 16.4. The van der Waals surface area contributed by atoms with Crippen LogP contribution >= 0.6 is 11.3 Å². The highest BCUT2D eigenvalue weighted by Crippen LogP contribution is 2.23. The number of likely N-dealkylation sites (tertiary alicyclic amines) is 1. The molecule has 2 saturated heterocycles. The average Bonchev–Trinajstić information content (AvgIpc) is 3.26. The van der Waals surface area contributed by atoms with Crippen molar-refractivity contribution in [3.8, 4) is 5.75 Å². The van der Waals surface area contributed by atoms with E-state index < -0.39 is 0 Å². The van der Waals surface area contributed by atoms with Gasteiger partial charge in [-0.25, -0.2) is 4.98 Å². The fourth-order valence-corrected chi connectivity index (χ4v) is 4.67. The fourth-order valence-electron chi connectivity index (χ4n) is 4.13. The summed E-state index contributed by atoms with van der Waals surface area (Å²) in [5.41, 5.74) is 3.32. The summed E-state index contributed by atoms with van der Waals surface area (Å²) in [7, 11) is 2.20. The van der Waals surface area contributed by atoms with Crippen molar-refractivity contribution in [2.24, 2.45) is 0 Å². The number of ether oxygens (including phenoxy) is 1. The van der Waals surface area contributed by atoms with E-state index in [1.54, 1.807) is 16.8 Å².